The molecule has 3 N–H and O–H groups in total. The Morgan fingerprint density at radius 3 is 2.75 bits per heavy atom. The minimum absolute atomic E-state index is 0.0259. The van der Waals surface area contributed by atoms with Gasteiger partial charge in [-0.05, 0) is 32.6 Å². The van der Waals surface area contributed by atoms with E-state index in [1.54, 1.807) is 0 Å². The van der Waals surface area contributed by atoms with Crippen molar-refractivity contribution in [1.29, 1.82) is 0 Å². The molecule has 0 bridgehead atoms. The van der Waals surface area contributed by atoms with Gasteiger partial charge in [0.1, 0.15) is 0 Å². The van der Waals surface area contributed by atoms with Gasteiger partial charge in [0.2, 0.25) is 0 Å². The number of carboxylic acid groups (broad SMARTS) is 1. The molecule has 0 spiro atoms. The van der Waals surface area contributed by atoms with E-state index >= 15 is 0 Å². The number of thiazole rings is 1. The van der Waals surface area contributed by atoms with Gasteiger partial charge in [0.15, 0.2) is 5.13 Å². The molecule has 2 rings (SSSR count). The van der Waals surface area contributed by atoms with Gasteiger partial charge >= 0.3 is 12.0 Å². The summed E-state index contributed by atoms with van der Waals surface area (Å²) in [4.78, 5) is 28.1. The molecule has 1 aromatic heterocycles. The van der Waals surface area contributed by atoms with Crippen molar-refractivity contribution in [1.82, 2.24) is 10.3 Å². The number of hydrogen-bond donors (Lipinski definition) is 3. The van der Waals surface area contributed by atoms with Crippen molar-refractivity contribution in [3.05, 3.63) is 10.6 Å². The maximum atomic E-state index is 11.8. The Hall–Kier alpha value is -1.63. The Morgan fingerprint density at radius 2 is 2.15 bits per heavy atom. The maximum Gasteiger partial charge on any atom is 0.321 e. The van der Waals surface area contributed by atoms with Crippen molar-refractivity contribution in [2.75, 3.05) is 11.9 Å². The number of aryl methyl sites for hydroxylation is 2. The molecule has 0 radical (unpaired) electrons. The summed E-state index contributed by atoms with van der Waals surface area (Å²) in [6.07, 6.45) is 2.47. The standard InChI is InChI=1S/C13H19N3O3S/c1-7-8(2)20-13(15-7)16-12(19)14-6-9-4-3-5-10(9)11(17)18/h9-10H,3-6H2,1-2H3,(H,17,18)(H2,14,15,16,19). The molecule has 0 aliphatic heterocycles. The van der Waals surface area contributed by atoms with Crippen LogP contribution in [0, 0.1) is 25.7 Å². The molecule has 1 aromatic rings. The lowest BCUT2D eigenvalue weighted by Gasteiger charge is -2.16. The number of carbonyl (C=O) groups excluding carboxylic acids is 1. The van der Waals surface area contributed by atoms with Crippen LogP contribution in [0.15, 0.2) is 0 Å². The van der Waals surface area contributed by atoms with Gasteiger partial charge in [-0.1, -0.05) is 6.42 Å². The molecular weight excluding hydrogens is 278 g/mol. The van der Waals surface area contributed by atoms with Gasteiger partial charge in [-0.3, -0.25) is 10.1 Å². The highest BCUT2D eigenvalue weighted by atomic mass is 32.1. The van der Waals surface area contributed by atoms with Crippen LogP contribution in [-0.2, 0) is 4.79 Å². The largest absolute Gasteiger partial charge is 0.481 e. The Labute approximate surface area is 121 Å². The number of hydrogen-bond acceptors (Lipinski definition) is 4. The molecule has 1 aliphatic carbocycles. The predicted octanol–water partition coefficient (Wildman–Crippen LogP) is 2.38. The molecule has 110 valence electrons. The van der Waals surface area contributed by atoms with Gasteiger partial charge < -0.3 is 10.4 Å². The molecule has 2 amide bonds. The molecule has 2 unspecified atom stereocenters. The highest BCUT2D eigenvalue weighted by Crippen LogP contribution is 2.31. The third-order valence-corrected chi connectivity index (χ3v) is 4.74. The van der Waals surface area contributed by atoms with Crippen molar-refractivity contribution in [3.63, 3.8) is 0 Å². The number of carbonyl (C=O) groups is 2. The topological polar surface area (TPSA) is 91.3 Å². The molecule has 1 fully saturated rings. The normalized spacial score (nSPS) is 21.7. The number of carboxylic acids is 1. The monoisotopic (exact) mass is 297 g/mol. The van der Waals surface area contributed by atoms with Crippen LogP contribution in [0.2, 0.25) is 0 Å². The highest BCUT2D eigenvalue weighted by Gasteiger charge is 2.32. The van der Waals surface area contributed by atoms with Crippen molar-refractivity contribution in [2.24, 2.45) is 11.8 Å². The zero-order chi connectivity index (χ0) is 14.7. The number of rotatable bonds is 4. The van der Waals surface area contributed by atoms with Crippen LogP contribution in [0.25, 0.3) is 0 Å². The smallest absolute Gasteiger partial charge is 0.321 e. The molecule has 6 nitrogen and oxygen atoms in total. The minimum Gasteiger partial charge on any atom is -0.481 e. The van der Waals surface area contributed by atoms with Crippen LogP contribution in [0.4, 0.5) is 9.93 Å². The van der Waals surface area contributed by atoms with Crippen LogP contribution >= 0.6 is 11.3 Å². The first-order chi connectivity index (χ1) is 9.47. The first-order valence-electron chi connectivity index (χ1n) is 6.69. The lowest BCUT2D eigenvalue weighted by atomic mass is 9.96. The quantitative estimate of drug-likeness (QED) is 0.795. The van der Waals surface area contributed by atoms with E-state index < -0.39 is 5.97 Å². The van der Waals surface area contributed by atoms with Crippen LogP contribution < -0.4 is 10.6 Å². The average molecular weight is 297 g/mol. The van der Waals surface area contributed by atoms with E-state index in [4.69, 9.17) is 5.11 Å². The molecule has 1 aliphatic rings. The molecule has 0 saturated heterocycles. The van der Waals surface area contributed by atoms with E-state index in [2.05, 4.69) is 15.6 Å². The zero-order valence-corrected chi connectivity index (χ0v) is 12.4. The second-order valence-corrected chi connectivity index (χ2v) is 6.33. The number of anilines is 1. The summed E-state index contributed by atoms with van der Waals surface area (Å²) in [5, 5.41) is 15.1. The minimum atomic E-state index is -0.763. The summed E-state index contributed by atoms with van der Waals surface area (Å²) < 4.78 is 0. The van der Waals surface area contributed by atoms with Crippen molar-refractivity contribution < 1.29 is 14.7 Å². The second-order valence-electron chi connectivity index (χ2n) is 5.13. The van der Waals surface area contributed by atoms with Crippen LogP contribution in [0.5, 0.6) is 0 Å². The Morgan fingerprint density at radius 1 is 1.40 bits per heavy atom. The summed E-state index contributed by atoms with van der Waals surface area (Å²) in [6, 6.07) is -0.324. The Balaban J connectivity index is 1.82. The summed E-state index contributed by atoms with van der Waals surface area (Å²) in [5.74, 6) is -1.07. The van der Waals surface area contributed by atoms with Crippen LogP contribution in [0.1, 0.15) is 29.8 Å². The summed E-state index contributed by atoms with van der Waals surface area (Å²) in [6.45, 7) is 4.24. The summed E-state index contributed by atoms with van der Waals surface area (Å²) in [5.41, 5.74) is 0.909. The molecule has 2 atom stereocenters. The van der Waals surface area contributed by atoms with Gasteiger partial charge in [0, 0.05) is 11.4 Å². The van der Waals surface area contributed by atoms with E-state index in [1.165, 1.54) is 11.3 Å². The molecule has 7 heteroatoms. The van der Waals surface area contributed by atoms with E-state index in [1.807, 2.05) is 13.8 Å². The number of amides is 2. The van der Waals surface area contributed by atoms with Crippen LogP contribution in [-0.4, -0.2) is 28.6 Å². The summed E-state index contributed by atoms with van der Waals surface area (Å²) >= 11 is 1.43. The fourth-order valence-corrected chi connectivity index (χ4v) is 3.31. The van der Waals surface area contributed by atoms with Gasteiger partial charge in [-0.2, -0.15) is 0 Å². The Kier molecular flexibility index (Phi) is 4.59. The average Bonchev–Trinajstić information content (AvgIpc) is 2.94. The van der Waals surface area contributed by atoms with E-state index in [0.717, 1.165) is 23.4 Å². The molecule has 0 aromatic carbocycles. The lowest BCUT2D eigenvalue weighted by Crippen LogP contribution is -2.35. The third kappa shape index (κ3) is 3.47. The first kappa shape index (κ1) is 14.8. The zero-order valence-electron chi connectivity index (χ0n) is 11.6. The molecule has 1 heterocycles. The molecule has 1 saturated carbocycles. The van der Waals surface area contributed by atoms with Gasteiger partial charge in [-0.15, -0.1) is 11.3 Å². The van der Waals surface area contributed by atoms with E-state index in [9.17, 15) is 9.59 Å². The van der Waals surface area contributed by atoms with E-state index in [-0.39, 0.29) is 17.9 Å². The number of aromatic nitrogens is 1. The number of aliphatic carboxylic acids is 1. The van der Waals surface area contributed by atoms with Gasteiger partial charge in [-0.25, -0.2) is 9.78 Å². The molecule has 20 heavy (non-hydrogen) atoms. The fourth-order valence-electron chi connectivity index (χ4n) is 2.50. The third-order valence-electron chi connectivity index (χ3n) is 3.75. The van der Waals surface area contributed by atoms with Gasteiger partial charge in [0.05, 0.1) is 11.6 Å². The number of nitrogens with one attached hydrogen (secondary N) is 2. The number of nitrogens with zero attached hydrogens (tertiary/aromatic N) is 1. The maximum absolute atomic E-state index is 11.8. The van der Waals surface area contributed by atoms with Crippen molar-refractivity contribution in [3.8, 4) is 0 Å². The van der Waals surface area contributed by atoms with Crippen LogP contribution in [0.3, 0.4) is 0 Å². The van der Waals surface area contributed by atoms with Gasteiger partial charge in [0.25, 0.3) is 0 Å². The second kappa shape index (κ2) is 6.21. The highest BCUT2D eigenvalue weighted by molar-refractivity contribution is 7.15. The summed E-state index contributed by atoms with van der Waals surface area (Å²) in [7, 11) is 0. The lowest BCUT2D eigenvalue weighted by molar-refractivity contribution is -0.142. The van der Waals surface area contributed by atoms with E-state index in [0.29, 0.717) is 18.1 Å². The first-order valence-corrected chi connectivity index (χ1v) is 7.50. The fraction of sp³-hybridized carbons (Fsp3) is 0.615. The number of urea groups is 1. The van der Waals surface area contributed by atoms with Crippen molar-refractivity contribution >= 4 is 28.5 Å². The Bertz CT molecular complexity index is 495. The van der Waals surface area contributed by atoms with Crippen molar-refractivity contribution in [2.45, 2.75) is 33.1 Å². The predicted molar refractivity (Wildman–Crippen MR) is 77.1 cm³/mol. The SMILES string of the molecule is Cc1nc(NC(=O)NCC2CCCC2C(=O)O)sc1C. The molecular formula is C13H19N3O3S.